The minimum absolute atomic E-state index is 0.126. The molecule has 2 N–H and O–H groups in total. The molecule has 21 heavy (non-hydrogen) atoms. The molecular formula is C15H18N3O2S. The Hall–Kier alpha value is -1.79. The largest absolute Gasteiger partial charge is 0.508 e. The summed E-state index contributed by atoms with van der Waals surface area (Å²) >= 11 is 5.36. The average molecular weight is 304 g/mol. The predicted octanol–water partition coefficient (Wildman–Crippen LogP) is 1.35. The summed E-state index contributed by atoms with van der Waals surface area (Å²) in [6, 6.07) is 5.34. The topological polar surface area (TPSA) is 58.8 Å². The highest BCUT2D eigenvalue weighted by atomic mass is 32.1. The van der Waals surface area contributed by atoms with E-state index in [2.05, 4.69) is 15.5 Å². The first-order chi connectivity index (χ1) is 10.2. The quantitative estimate of drug-likeness (QED) is 0.822. The minimum Gasteiger partial charge on any atom is -0.508 e. The third-order valence-electron chi connectivity index (χ3n) is 3.77. The van der Waals surface area contributed by atoms with E-state index in [0.29, 0.717) is 11.7 Å². The van der Waals surface area contributed by atoms with Crippen LogP contribution in [0.15, 0.2) is 30.1 Å². The fraction of sp³-hybridized carbons (Fsp3) is 0.400. The summed E-state index contributed by atoms with van der Waals surface area (Å²) in [6.07, 6.45) is 3.51. The number of aromatic hydroxyl groups is 1. The molecule has 0 bridgehead atoms. The van der Waals surface area contributed by atoms with Gasteiger partial charge in [-0.1, -0.05) is 0 Å². The lowest BCUT2D eigenvalue weighted by atomic mass is 10.0. The molecule has 1 atom stereocenters. The normalized spacial score (nSPS) is 20.6. The molecule has 0 saturated carbocycles. The van der Waals surface area contributed by atoms with Gasteiger partial charge in [0.15, 0.2) is 5.11 Å². The molecule has 1 radical (unpaired) electrons. The van der Waals surface area contributed by atoms with Crippen LogP contribution in [0.1, 0.15) is 12.0 Å². The number of phenols is 1. The molecule has 5 nitrogen and oxygen atoms in total. The van der Waals surface area contributed by atoms with E-state index in [9.17, 15) is 5.11 Å². The summed E-state index contributed by atoms with van der Waals surface area (Å²) in [6.45, 7) is 1.45. The maximum atomic E-state index is 9.63. The summed E-state index contributed by atoms with van der Waals surface area (Å²) in [4.78, 5) is 2.08. The van der Waals surface area contributed by atoms with Gasteiger partial charge in [-0.3, -0.25) is 0 Å². The second-order valence-electron chi connectivity index (χ2n) is 5.22. The molecule has 0 saturated heterocycles. The van der Waals surface area contributed by atoms with Crippen LogP contribution in [0, 0.1) is 0 Å². The SMILES string of the molecule is CNCCC1=C[N]C(=S)N1[C@H]1COc2ccc(O)cc2C1. The number of hydrogen-bond acceptors (Lipinski definition) is 4. The van der Waals surface area contributed by atoms with E-state index in [1.807, 2.05) is 19.3 Å². The fourth-order valence-electron chi connectivity index (χ4n) is 2.74. The van der Waals surface area contributed by atoms with Gasteiger partial charge in [-0.2, -0.15) is 0 Å². The van der Waals surface area contributed by atoms with Gasteiger partial charge in [-0.15, -0.1) is 0 Å². The second kappa shape index (κ2) is 5.91. The molecule has 2 aliphatic heterocycles. The first-order valence-electron chi connectivity index (χ1n) is 7.01. The lowest BCUT2D eigenvalue weighted by Gasteiger charge is -2.34. The minimum atomic E-state index is 0.126. The molecule has 3 rings (SSSR count). The number of ether oxygens (including phenoxy) is 1. The smallest absolute Gasteiger partial charge is 0.200 e. The van der Waals surface area contributed by atoms with Gasteiger partial charge >= 0.3 is 0 Å². The van der Waals surface area contributed by atoms with Crippen LogP contribution in [0.2, 0.25) is 0 Å². The molecule has 0 spiro atoms. The molecule has 1 aromatic rings. The van der Waals surface area contributed by atoms with Gasteiger partial charge in [0.2, 0.25) is 0 Å². The Labute approximate surface area is 129 Å². The molecule has 0 fully saturated rings. The first-order valence-corrected chi connectivity index (χ1v) is 7.42. The van der Waals surface area contributed by atoms with Crippen LogP contribution < -0.4 is 15.4 Å². The number of hydrogen-bond donors (Lipinski definition) is 2. The number of fused-ring (bicyclic) bond motifs is 1. The van der Waals surface area contributed by atoms with E-state index >= 15 is 0 Å². The molecule has 0 amide bonds. The Kier molecular flexibility index (Phi) is 3.98. The monoisotopic (exact) mass is 304 g/mol. The third kappa shape index (κ3) is 2.82. The number of benzene rings is 1. The van der Waals surface area contributed by atoms with E-state index < -0.39 is 0 Å². The standard InChI is InChI=1S/C15H18N3O2S/c1-16-5-4-11-8-17-15(21)18(11)12-6-10-7-13(19)2-3-14(10)20-9-12/h2-3,7-8,12,16,19H,4-6,9H2,1H3/t12-/m1/s1. The zero-order valence-electron chi connectivity index (χ0n) is 11.9. The van der Waals surface area contributed by atoms with Crippen molar-refractivity contribution in [2.24, 2.45) is 0 Å². The molecule has 1 aromatic carbocycles. The van der Waals surface area contributed by atoms with Gasteiger partial charge in [0.1, 0.15) is 18.1 Å². The van der Waals surface area contributed by atoms with Gasteiger partial charge in [0, 0.05) is 31.3 Å². The van der Waals surface area contributed by atoms with Crippen LogP contribution >= 0.6 is 12.2 Å². The van der Waals surface area contributed by atoms with Gasteiger partial charge in [-0.25, -0.2) is 5.32 Å². The lowest BCUT2D eigenvalue weighted by molar-refractivity contribution is 0.196. The van der Waals surface area contributed by atoms with Crippen molar-refractivity contribution in [3.63, 3.8) is 0 Å². The number of thiocarbonyl (C=S) groups is 1. The number of phenolic OH excluding ortho intramolecular Hbond substituents is 1. The molecule has 111 valence electrons. The first kappa shape index (κ1) is 14.2. The Morgan fingerprint density at radius 3 is 3.19 bits per heavy atom. The van der Waals surface area contributed by atoms with Crippen molar-refractivity contribution in [1.29, 1.82) is 0 Å². The highest BCUT2D eigenvalue weighted by Crippen LogP contribution is 2.32. The van der Waals surface area contributed by atoms with E-state index in [1.165, 1.54) is 0 Å². The Bertz CT molecular complexity index is 588. The number of nitrogens with zero attached hydrogens (tertiary/aromatic N) is 2. The molecular weight excluding hydrogens is 286 g/mol. The maximum Gasteiger partial charge on any atom is 0.200 e. The summed E-state index contributed by atoms with van der Waals surface area (Å²) in [5, 5.41) is 17.6. The zero-order valence-corrected chi connectivity index (χ0v) is 12.7. The predicted molar refractivity (Wildman–Crippen MR) is 84.3 cm³/mol. The van der Waals surface area contributed by atoms with Crippen LogP contribution in [0.5, 0.6) is 11.5 Å². The lowest BCUT2D eigenvalue weighted by Crippen LogP contribution is -2.44. The van der Waals surface area contributed by atoms with Crippen LogP contribution in [0.4, 0.5) is 0 Å². The highest BCUT2D eigenvalue weighted by Gasteiger charge is 2.32. The summed E-state index contributed by atoms with van der Waals surface area (Å²) in [7, 11) is 1.93. The summed E-state index contributed by atoms with van der Waals surface area (Å²) < 4.78 is 5.81. The van der Waals surface area contributed by atoms with Gasteiger partial charge in [-0.05, 0) is 43.0 Å². The van der Waals surface area contributed by atoms with Crippen LogP contribution in [0.25, 0.3) is 0 Å². The highest BCUT2D eigenvalue weighted by molar-refractivity contribution is 7.80. The Morgan fingerprint density at radius 2 is 2.38 bits per heavy atom. The van der Waals surface area contributed by atoms with Gasteiger partial charge < -0.3 is 20.1 Å². The van der Waals surface area contributed by atoms with Crippen molar-refractivity contribution in [2.45, 2.75) is 18.9 Å². The number of nitrogens with one attached hydrogen (secondary N) is 1. The average Bonchev–Trinajstić information content (AvgIpc) is 2.85. The van der Waals surface area contributed by atoms with E-state index in [0.717, 1.165) is 36.4 Å². The van der Waals surface area contributed by atoms with Crippen LogP contribution in [-0.4, -0.2) is 41.4 Å². The summed E-state index contributed by atoms with van der Waals surface area (Å²) in [5.41, 5.74) is 2.13. The van der Waals surface area contributed by atoms with Gasteiger partial charge in [0.25, 0.3) is 0 Å². The molecule has 0 aliphatic carbocycles. The third-order valence-corrected chi connectivity index (χ3v) is 4.07. The Balaban J connectivity index is 1.78. The van der Waals surface area contributed by atoms with Crippen molar-refractivity contribution in [3.8, 4) is 11.5 Å². The van der Waals surface area contributed by atoms with Crippen LogP contribution in [-0.2, 0) is 6.42 Å². The van der Waals surface area contributed by atoms with Crippen molar-refractivity contribution >= 4 is 17.3 Å². The second-order valence-corrected chi connectivity index (χ2v) is 5.58. The van der Waals surface area contributed by atoms with Crippen molar-refractivity contribution in [1.82, 2.24) is 15.5 Å². The van der Waals surface area contributed by atoms with E-state index in [1.54, 1.807) is 12.1 Å². The van der Waals surface area contributed by atoms with E-state index in [-0.39, 0.29) is 11.8 Å². The zero-order chi connectivity index (χ0) is 14.8. The number of rotatable bonds is 4. The molecule has 0 aromatic heterocycles. The molecule has 0 unspecified atom stereocenters. The van der Waals surface area contributed by atoms with Gasteiger partial charge in [0.05, 0.1) is 6.04 Å². The van der Waals surface area contributed by atoms with Crippen molar-refractivity contribution in [2.75, 3.05) is 20.2 Å². The molecule has 6 heteroatoms. The Morgan fingerprint density at radius 1 is 1.52 bits per heavy atom. The molecule has 2 aliphatic rings. The summed E-state index contributed by atoms with van der Waals surface area (Å²) in [5.74, 6) is 1.10. The van der Waals surface area contributed by atoms with E-state index in [4.69, 9.17) is 17.0 Å². The molecule has 2 heterocycles. The van der Waals surface area contributed by atoms with Crippen molar-refractivity contribution < 1.29 is 9.84 Å². The maximum absolute atomic E-state index is 9.63. The van der Waals surface area contributed by atoms with Crippen molar-refractivity contribution in [3.05, 3.63) is 35.7 Å². The fourth-order valence-corrected chi connectivity index (χ4v) is 3.06. The van der Waals surface area contributed by atoms with Crippen LogP contribution in [0.3, 0.4) is 0 Å².